The third-order valence-corrected chi connectivity index (χ3v) is 23.3. The van der Waals surface area contributed by atoms with Gasteiger partial charge in [-0.2, -0.15) is 0 Å². The van der Waals surface area contributed by atoms with E-state index in [2.05, 4.69) is 161 Å². The van der Waals surface area contributed by atoms with E-state index in [0.717, 1.165) is 25.7 Å². The average molecular weight is 1140 g/mol. The molecule has 0 nitrogen and oxygen atoms in total. The highest BCUT2D eigenvalue weighted by molar-refractivity contribution is 7.30. The first-order valence-corrected chi connectivity index (χ1v) is 41.5. The molecule has 0 radical (unpaired) electrons. The fraction of sp³-hybridized carbons (Fsp3) is 0.576. The van der Waals surface area contributed by atoms with Crippen LogP contribution in [0.5, 0.6) is 0 Å². The van der Waals surface area contributed by atoms with Gasteiger partial charge in [-0.05, 0) is 122 Å². The molecule has 0 atom stereocenters. The van der Waals surface area contributed by atoms with Crippen LogP contribution in [0.15, 0.2) is 48.5 Å². The number of thiophene rings is 6. The molecule has 0 unspecified atom stereocenters. The lowest BCUT2D eigenvalue weighted by molar-refractivity contribution is 0.608. The monoisotopic (exact) mass is 1130 g/mol. The van der Waals surface area contributed by atoms with Gasteiger partial charge < -0.3 is 0 Å². The Morgan fingerprint density at radius 3 is 0.878 bits per heavy atom. The summed E-state index contributed by atoms with van der Waals surface area (Å²) in [6.07, 6.45) is 36.5. The first-order chi connectivity index (χ1) is 35.8. The van der Waals surface area contributed by atoms with Gasteiger partial charge in [0.05, 0.1) is 9.75 Å². The summed E-state index contributed by atoms with van der Waals surface area (Å²) in [4.78, 5) is 17.1. The summed E-state index contributed by atoms with van der Waals surface area (Å²) >= 11 is 12.1. The summed E-state index contributed by atoms with van der Waals surface area (Å²) in [5, 5.41) is 0. The molecule has 0 fully saturated rings. The summed E-state index contributed by atoms with van der Waals surface area (Å²) in [6, 6.07) is 19.9. The molecule has 0 saturated heterocycles. The van der Waals surface area contributed by atoms with Crippen molar-refractivity contribution in [1.29, 1.82) is 0 Å². The van der Waals surface area contributed by atoms with Crippen LogP contribution >= 0.6 is 68.0 Å². The van der Waals surface area contributed by atoms with Crippen LogP contribution in [0.2, 0.25) is 39.3 Å². The smallest absolute Gasteiger partial charge is 0.129 e. The quantitative estimate of drug-likeness (QED) is 0.0219. The van der Waals surface area contributed by atoms with Crippen LogP contribution in [-0.2, 0) is 25.7 Å². The van der Waals surface area contributed by atoms with E-state index < -0.39 is 16.1 Å². The molecule has 0 aliphatic heterocycles. The lowest BCUT2D eigenvalue weighted by Crippen LogP contribution is -2.16. The number of unbranched alkanes of at least 4 members (excludes halogenated alkanes) is 20. The van der Waals surface area contributed by atoms with Crippen LogP contribution in [0.1, 0.15) is 214 Å². The standard InChI is InChI=1S/C66H94S6Si2/c1-11-15-19-23-27-31-35-51-47-55(43-45-73(5,6)7)67-65(51)61-49-53(37-33-29-25-21-17-13-3)63(71-61)59-41-39-57(69-59)58-40-42-60(70-58)64-54(38-34-30-26-22-18-14-4)50-62(72-64)66-52(36-32-28-24-20-16-12-2)48-56(68-66)44-46-74(8,9)10/h39-42,47-50H,11-38H2,1-10H3. The molecule has 0 bridgehead atoms. The Bertz CT molecular complexity index is 2500. The van der Waals surface area contributed by atoms with Crippen molar-refractivity contribution in [1.82, 2.24) is 0 Å². The SMILES string of the molecule is CCCCCCCCc1cc(C#C[Si](C)(C)C)sc1-c1cc(CCCCCCCC)c(-c2ccc(-c3ccc(-c4sc(-c5sc(C#C[Si](C)(C)C)cc5CCCCCCCC)cc4CCCCCCCC)s3)s2)s1. The molecule has 0 saturated carbocycles. The van der Waals surface area contributed by atoms with Crippen molar-refractivity contribution in [3.63, 3.8) is 0 Å². The minimum atomic E-state index is -1.49. The predicted octanol–water partition coefficient (Wildman–Crippen LogP) is 24.5. The molecule has 0 aliphatic rings. The third-order valence-electron chi connectivity index (χ3n) is 13.9. The first-order valence-electron chi connectivity index (χ1n) is 29.6. The Morgan fingerprint density at radius 2 is 0.568 bits per heavy atom. The maximum atomic E-state index is 3.70. The Balaban J connectivity index is 1.32. The zero-order chi connectivity index (χ0) is 52.8. The number of hydrogen-bond acceptors (Lipinski definition) is 6. The first kappa shape index (κ1) is 61.0. The predicted molar refractivity (Wildman–Crippen MR) is 350 cm³/mol. The van der Waals surface area contributed by atoms with Gasteiger partial charge in [-0.1, -0.05) is 207 Å². The van der Waals surface area contributed by atoms with Gasteiger partial charge in [0, 0.05) is 48.8 Å². The molecular formula is C66H94S6Si2. The van der Waals surface area contributed by atoms with Gasteiger partial charge in [0.15, 0.2) is 0 Å². The zero-order valence-electron chi connectivity index (χ0n) is 47.9. The van der Waals surface area contributed by atoms with Crippen LogP contribution < -0.4 is 0 Å². The summed E-state index contributed by atoms with van der Waals surface area (Å²) < 4.78 is 0. The topological polar surface area (TPSA) is 0 Å². The molecule has 0 amide bonds. The van der Waals surface area contributed by atoms with E-state index in [0.29, 0.717) is 0 Å². The van der Waals surface area contributed by atoms with Gasteiger partial charge in [0.2, 0.25) is 0 Å². The number of rotatable bonds is 33. The van der Waals surface area contributed by atoms with Crippen molar-refractivity contribution >= 4 is 84.2 Å². The van der Waals surface area contributed by atoms with Crippen molar-refractivity contribution in [2.45, 2.75) is 247 Å². The fourth-order valence-electron chi connectivity index (χ4n) is 9.70. The van der Waals surface area contributed by atoms with Crippen molar-refractivity contribution in [3.8, 4) is 71.7 Å². The molecule has 8 heteroatoms. The number of aryl methyl sites for hydroxylation is 4. The van der Waals surface area contributed by atoms with Gasteiger partial charge in [0.1, 0.15) is 16.1 Å². The highest BCUT2D eigenvalue weighted by atomic mass is 32.1. The molecule has 6 heterocycles. The second kappa shape index (κ2) is 32.0. The lowest BCUT2D eigenvalue weighted by atomic mass is 10.0. The molecule has 6 aromatic rings. The summed E-state index contributed by atoms with van der Waals surface area (Å²) in [7, 11) is -2.98. The molecule has 6 rings (SSSR count). The molecule has 0 spiro atoms. The minimum Gasteiger partial charge on any atom is -0.134 e. The maximum absolute atomic E-state index is 3.70. The van der Waals surface area contributed by atoms with Crippen molar-refractivity contribution in [2.24, 2.45) is 0 Å². The van der Waals surface area contributed by atoms with E-state index in [9.17, 15) is 0 Å². The van der Waals surface area contributed by atoms with Gasteiger partial charge >= 0.3 is 0 Å². The summed E-state index contributed by atoms with van der Waals surface area (Å²) in [5.74, 6) is 7.35. The third kappa shape index (κ3) is 20.2. The van der Waals surface area contributed by atoms with E-state index in [1.165, 1.54) is 224 Å². The van der Waals surface area contributed by atoms with E-state index in [4.69, 9.17) is 0 Å². The second-order valence-electron chi connectivity index (χ2n) is 23.3. The molecular weight excluding hydrogens is 1040 g/mol. The molecule has 6 aromatic heterocycles. The summed E-state index contributed by atoms with van der Waals surface area (Å²) in [5.41, 5.74) is 13.6. The van der Waals surface area contributed by atoms with Gasteiger partial charge in [-0.3, -0.25) is 0 Å². The normalized spacial score (nSPS) is 11.9. The average Bonchev–Trinajstić information content (AvgIpc) is 4.24. The van der Waals surface area contributed by atoms with Crippen LogP contribution in [0.3, 0.4) is 0 Å². The van der Waals surface area contributed by atoms with Crippen LogP contribution in [0.25, 0.3) is 48.8 Å². The number of hydrogen-bond donors (Lipinski definition) is 0. The molecule has 74 heavy (non-hydrogen) atoms. The van der Waals surface area contributed by atoms with E-state index >= 15 is 0 Å². The van der Waals surface area contributed by atoms with Crippen LogP contribution in [0.4, 0.5) is 0 Å². The Morgan fingerprint density at radius 1 is 0.297 bits per heavy atom. The van der Waals surface area contributed by atoms with E-state index in [1.54, 1.807) is 11.1 Å². The van der Waals surface area contributed by atoms with Gasteiger partial charge in [-0.15, -0.1) is 79.1 Å². The Hall–Kier alpha value is -2.25. The van der Waals surface area contributed by atoms with E-state index in [-0.39, 0.29) is 0 Å². The minimum absolute atomic E-state index is 1.16. The Kier molecular flexibility index (Phi) is 26.4. The highest BCUT2D eigenvalue weighted by Crippen LogP contribution is 2.50. The molecule has 0 aromatic carbocycles. The van der Waals surface area contributed by atoms with Crippen molar-refractivity contribution < 1.29 is 0 Å². The lowest BCUT2D eigenvalue weighted by Gasteiger charge is -2.03. The molecule has 0 N–H and O–H groups in total. The van der Waals surface area contributed by atoms with Gasteiger partial charge in [0.25, 0.3) is 0 Å². The van der Waals surface area contributed by atoms with Crippen molar-refractivity contribution in [3.05, 3.63) is 80.5 Å². The molecule has 0 aliphatic carbocycles. The summed E-state index contributed by atoms with van der Waals surface area (Å²) in [6.45, 7) is 23.5. The fourth-order valence-corrected chi connectivity index (χ4v) is 18.1. The van der Waals surface area contributed by atoms with Crippen LogP contribution in [0, 0.1) is 22.9 Å². The molecule has 402 valence electrons. The van der Waals surface area contributed by atoms with Crippen LogP contribution in [-0.4, -0.2) is 16.1 Å². The van der Waals surface area contributed by atoms with Gasteiger partial charge in [-0.25, -0.2) is 0 Å². The van der Waals surface area contributed by atoms with E-state index in [1.807, 2.05) is 45.3 Å². The largest absolute Gasteiger partial charge is 0.134 e. The zero-order valence-corrected chi connectivity index (χ0v) is 54.8. The second-order valence-corrected chi connectivity index (χ2v) is 39.1. The van der Waals surface area contributed by atoms with Crippen molar-refractivity contribution in [2.75, 3.05) is 0 Å². The highest BCUT2D eigenvalue weighted by Gasteiger charge is 2.22. The Labute approximate surface area is 479 Å². The maximum Gasteiger partial charge on any atom is 0.129 e.